The number of hydrogen-bond donors (Lipinski definition) is 1. The number of sulfonamides is 1. The highest BCUT2D eigenvalue weighted by Gasteiger charge is 2.31. The van der Waals surface area contributed by atoms with Gasteiger partial charge in [0.15, 0.2) is 18.1 Å². The number of nitrogens with one attached hydrogen (secondary N) is 1. The summed E-state index contributed by atoms with van der Waals surface area (Å²) in [4.78, 5) is 24.9. The van der Waals surface area contributed by atoms with Gasteiger partial charge in [-0.15, -0.1) is 11.3 Å². The van der Waals surface area contributed by atoms with Gasteiger partial charge in [0.25, 0.3) is 0 Å². The van der Waals surface area contributed by atoms with Gasteiger partial charge in [0.1, 0.15) is 19.3 Å². The van der Waals surface area contributed by atoms with Gasteiger partial charge in [0.2, 0.25) is 15.8 Å². The van der Waals surface area contributed by atoms with Crippen molar-refractivity contribution in [3.05, 3.63) is 39.5 Å². The highest BCUT2D eigenvalue weighted by Crippen LogP contribution is 2.32. The van der Waals surface area contributed by atoms with E-state index < -0.39 is 40.3 Å². The highest BCUT2D eigenvalue weighted by molar-refractivity contribution is 7.89. The number of carbonyl (C=O) groups is 2. The molecule has 3 rings (SSSR count). The second-order valence-corrected chi connectivity index (χ2v) is 10.2. The van der Waals surface area contributed by atoms with E-state index in [4.69, 9.17) is 25.8 Å². The Morgan fingerprint density at radius 1 is 1.17 bits per heavy atom. The van der Waals surface area contributed by atoms with Gasteiger partial charge in [-0.3, -0.25) is 9.59 Å². The molecule has 1 aliphatic rings. The number of hydrogen-bond acceptors (Lipinski definition) is 8. The Hall–Kier alpha value is -2.14. The lowest BCUT2D eigenvalue weighted by Crippen LogP contribution is -2.45. The van der Waals surface area contributed by atoms with Crippen LogP contribution in [0, 0.1) is 5.92 Å². The fourth-order valence-electron chi connectivity index (χ4n) is 2.64. The first kappa shape index (κ1) is 22.5. The third-order valence-corrected chi connectivity index (χ3v) is 6.93. The first-order valence-electron chi connectivity index (χ1n) is 9.04. The number of fused-ring (bicyclic) bond motifs is 1. The predicted molar refractivity (Wildman–Crippen MR) is 111 cm³/mol. The minimum Gasteiger partial charge on any atom is -0.486 e. The van der Waals surface area contributed by atoms with E-state index in [1.165, 1.54) is 24.3 Å². The fraction of sp³-hybridized carbons (Fsp3) is 0.368. The maximum absolute atomic E-state index is 12.8. The molecule has 0 spiro atoms. The van der Waals surface area contributed by atoms with Gasteiger partial charge >= 0.3 is 5.97 Å². The second-order valence-electron chi connectivity index (χ2n) is 6.78. The van der Waals surface area contributed by atoms with Gasteiger partial charge in [0, 0.05) is 6.07 Å². The van der Waals surface area contributed by atoms with Gasteiger partial charge in [-0.05, 0) is 30.2 Å². The Balaban J connectivity index is 1.69. The van der Waals surface area contributed by atoms with Crippen LogP contribution in [0.1, 0.15) is 23.5 Å². The van der Waals surface area contributed by atoms with Crippen molar-refractivity contribution in [1.29, 1.82) is 0 Å². The normalized spacial score (nSPS) is 14.4. The summed E-state index contributed by atoms with van der Waals surface area (Å²) < 4.78 is 44.3. The molecule has 0 aliphatic carbocycles. The van der Waals surface area contributed by atoms with Crippen LogP contribution in [-0.4, -0.2) is 46.0 Å². The monoisotopic (exact) mass is 473 g/mol. The van der Waals surface area contributed by atoms with E-state index in [1.807, 2.05) is 0 Å². The zero-order chi connectivity index (χ0) is 21.9. The average Bonchev–Trinajstić information content (AvgIpc) is 3.16. The smallest absolute Gasteiger partial charge is 0.324 e. The lowest BCUT2D eigenvalue weighted by molar-refractivity contribution is -0.145. The number of ether oxygens (including phenoxy) is 3. The van der Waals surface area contributed by atoms with E-state index >= 15 is 0 Å². The fourth-order valence-corrected chi connectivity index (χ4v) is 4.96. The summed E-state index contributed by atoms with van der Waals surface area (Å²) in [6.45, 7) is 3.52. The number of Topliss-reactive ketones (excluding diaryl/α,β-unsaturated/α-hetero) is 1. The molecule has 0 unspecified atom stereocenters. The summed E-state index contributed by atoms with van der Waals surface area (Å²) in [5, 5.41) is 0. The molecule has 2 aromatic rings. The molecule has 1 aromatic carbocycles. The molecular formula is C19H20ClNO7S2. The van der Waals surface area contributed by atoms with E-state index in [1.54, 1.807) is 19.9 Å². The van der Waals surface area contributed by atoms with Gasteiger partial charge in [-0.25, -0.2) is 8.42 Å². The van der Waals surface area contributed by atoms with Crippen LogP contribution in [0.25, 0.3) is 0 Å². The molecule has 1 aliphatic heterocycles. The molecule has 1 aromatic heterocycles. The van der Waals surface area contributed by atoms with Gasteiger partial charge < -0.3 is 14.2 Å². The second kappa shape index (κ2) is 9.34. The Labute approximate surface area is 183 Å². The standard InChI is InChI=1S/C19H20ClNO7S2/c1-11(2)18(19(23)28-10-13(22)16-5-6-17(20)29-16)21-30(24,25)12-3-4-14-15(9-12)27-8-7-26-14/h3-6,9,11,18,21H,7-8,10H2,1-2H3/t18-/m0/s1. The van der Waals surface area contributed by atoms with E-state index in [0.29, 0.717) is 33.9 Å². The molecule has 1 atom stereocenters. The van der Waals surface area contributed by atoms with Crippen molar-refractivity contribution in [2.75, 3.05) is 19.8 Å². The van der Waals surface area contributed by atoms with E-state index in [2.05, 4.69) is 4.72 Å². The van der Waals surface area contributed by atoms with Gasteiger partial charge in [-0.2, -0.15) is 4.72 Å². The molecule has 0 saturated carbocycles. The number of ketones is 1. The number of rotatable bonds is 8. The first-order chi connectivity index (χ1) is 14.2. The van der Waals surface area contributed by atoms with Crippen molar-refractivity contribution in [2.45, 2.75) is 24.8 Å². The van der Waals surface area contributed by atoms with Crippen LogP contribution in [0.4, 0.5) is 0 Å². The van der Waals surface area contributed by atoms with E-state index in [-0.39, 0.29) is 4.90 Å². The van der Waals surface area contributed by atoms with Crippen LogP contribution in [0.15, 0.2) is 35.2 Å². The summed E-state index contributed by atoms with van der Waals surface area (Å²) in [6, 6.07) is 6.12. The highest BCUT2D eigenvalue weighted by atomic mass is 35.5. The maximum atomic E-state index is 12.8. The Morgan fingerprint density at radius 3 is 2.50 bits per heavy atom. The molecule has 11 heteroatoms. The predicted octanol–water partition coefficient (Wildman–Crippen LogP) is 2.90. The molecule has 0 fully saturated rings. The lowest BCUT2D eigenvalue weighted by Gasteiger charge is -2.22. The molecule has 0 saturated heterocycles. The Kier molecular flexibility index (Phi) is 7.02. The molecule has 30 heavy (non-hydrogen) atoms. The third kappa shape index (κ3) is 5.31. The summed E-state index contributed by atoms with van der Waals surface area (Å²) in [5.41, 5.74) is 0. The molecule has 0 amide bonds. The van der Waals surface area contributed by atoms with Crippen molar-refractivity contribution in [3.63, 3.8) is 0 Å². The number of thiophene rings is 1. The van der Waals surface area contributed by atoms with Crippen molar-refractivity contribution in [3.8, 4) is 11.5 Å². The third-order valence-electron chi connectivity index (χ3n) is 4.22. The van der Waals surface area contributed by atoms with Crippen LogP contribution in [-0.2, 0) is 19.6 Å². The Morgan fingerprint density at radius 2 is 1.87 bits per heavy atom. The van der Waals surface area contributed by atoms with Crippen LogP contribution in [0.2, 0.25) is 4.34 Å². The van der Waals surface area contributed by atoms with Crippen LogP contribution >= 0.6 is 22.9 Å². The molecule has 0 radical (unpaired) electrons. The average molecular weight is 474 g/mol. The number of carbonyl (C=O) groups excluding carboxylic acids is 2. The molecule has 0 bridgehead atoms. The zero-order valence-electron chi connectivity index (χ0n) is 16.2. The number of halogens is 1. The SMILES string of the molecule is CC(C)[C@H](NS(=O)(=O)c1ccc2c(c1)OCCO2)C(=O)OCC(=O)c1ccc(Cl)s1. The van der Waals surface area contributed by atoms with Crippen molar-refractivity contribution >= 4 is 44.7 Å². The topological polar surface area (TPSA) is 108 Å². The number of benzene rings is 1. The first-order valence-corrected chi connectivity index (χ1v) is 11.7. The van der Waals surface area contributed by atoms with E-state index in [0.717, 1.165) is 11.3 Å². The van der Waals surface area contributed by atoms with Crippen LogP contribution in [0.3, 0.4) is 0 Å². The quantitative estimate of drug-likeness (QED) is 0.463. The minimum atomic E-state index is -4.06. The van der Waals surface area contributed by atoms with Gasteiger partial charge in [0.05, 0.1) is 14.1 Å². The lowest BCUT2D eigenvalue weighted by atomic mass is 10.1. The summed E-state index contributed by atoms with van der Waals surface area (Å²) in [5.74, 6) is -0.921. The molecule has 2 heterocycles. The minimum absolute atomic E-state index is 0.0745. The van der Waals surface area contributed by atoms with Crippen LogP contribution in [0.5, 0.6) is 11.5 Å². The maximum Gasteiger partial charge on any atom is 0.324 e. The van der Waals surface area contributed by atoms with Crippen molar-refractivity contribution < 1.29 is 32.2 Å². The zero-order valence-corrected chi connectivity index (χ0v) is 18.6. The van der Waals surface area contributed by atoms with Crippen molar-refractivity contribution in [2.24, 2.45) is 5.92 Å². The molecular weight excluding hydrogens is 454 g/mol. The molecule has 1 N–H and O–H groups in total. The summed E-state index contributed by atoms with van der Waals surface area (Å²) in [6.07, 6.45) is 0. The molecule has 8 nitrogen and oxygen atoms in total. The number of esters is 1. The largest absolute Gasteiger partial charge is 0.486 e. The molecule has 162 valence electrons. The van der Waals surface area contributed by atoms with Crippen molar-refractivity contribution in [1.82, 2.24) is 4.72 Å². The van der Waals surface area contributed by atoms with E-state index in [9.17, 15) is 18.0 Å². The van der Waals surface area contributed by atoms with Crippen LogP contribution < -0.4 is 14.2 Å². The Bertz CT molecular complexity index is 1050. The summed E-state index contributed by atoms with van der Waals surface area (Å²) in [7, 11) is -4.06. The summed E-state index contributed by atoms with van der Waals surface area (Å²) >= 11 is 6.87. The van der Waals surface area contributed by atoms with Gasteiger partial charge in [-0.1, -0.05) is 25.4 Å².